The zero-order valence-corrected chi connectivity index (χ0v) is 13.7. The van der Waals surface area contributed by atoms with Gasteiger partial charge in [-0.05, 0) is 42.7 Å². The Balaban J connectivity index is 1.51. The summed E-state index contributed by atoms with van der Waals surface area (Å²) in [6.45, 7) is 2.20. The van der Waals surface area contributed by atoms with Gasteiger partial charge in [-0.25, -0.2) is 0 Å². The number of thioether (sulfide) groups is 1. The first-order valence-corrected chi connectivity index (χ1v) is 8.96. The maximum Gasteiger partial charge on any atom is 0.223 e. The van der Waals surface area contributed by atoms with Crippen LogP contribution in [-0.4, -0.2) is 31.4 Å². The molecule has 1 amide bonds. The van der Waals surface area contributed by atoms with Crippen LogP contribution in [0.15, 0.2) is 24.3 Å². The summed E-state index contributed by atoms with van der Waals surface area (Å²) < 4.78 is 5.27. The third-order valence-electron chi connectivity index (χ3n) is 3.54. The number of hydrogen-bond acceptors (Lipinski definition) is 3. The summed E-state index contributed by atoms with van der Waals surface area (Å²) in [7, 11) is 0. The molecule has 3 nitrogen and oxygen atoms in total. The molecule has 1 aliphatic rings. The van der Waals surface area contributed by atoms with Crippen LogP contribution in [0.5, 0.6) is 0 Å². The number of ether oxygens (including phenoxy) is 1. The summed E-state index contributed by atoms with van der Waals surface area (Å²) in [4.78, 5) is 11.9. The fourth-order valence-corrected chi connectivity index (χ4v) is 3.31. The maximum absolute atomic E-state index is 11.9. The second kappa shape index (κ2) is 9.34. The number of amides is 1. The summed E-state index contributed by atoms with van der Waals surface area (Å²) in [6.07, 6.45) is 2.72. The van der Waals surface area contributed by atoms with Crippen LogP contribution in [0, 0.1) is 5.92 Å². The molecule has 2 rings (SSSR count). The molecule has 1 heterocycles. The molecule has 1 saturated heterocycles. The van der Waals surface area contributed by atoms with Gasteiger partial charge in [0, 0.05) is 36.5 Å². The van der Waals surface area contributed by atoms with Crippen LogP contribution in [0.2, 0.25) is 5.02 Å². The van der Waals surface area contributed by atoms with E-state index in [4.69, 9.17) is 16.3 Å². The van der Waals surface area contributed by atoms with Crippen molar-refractivity contribution >= 4 is 29.3 Å². The smallest absolute Gasteiger partial charge is 0.223 e. The predicted molar refractivity (Wildman–Crippen MR) is 88.8 cm³/mol. The molecule has 0 aromatic heterocycles. The van der Waals surface area contributed by atoms with Crippen LogP contribution in [0.4, 0.5) is 0 Å². The minimum atomic E-state index is 0.153. The molecule has 0 bridgehead atoms. The van der Waals surface area contributed by atoms with Gasteiger partial charge >= 0.3 is 0 Å². The van der Waals surface area contributed by atoms with Crippen LogP contribution in [-0.2, 0) is 15.3 Å². The van der Waals surface area contributed by atoms with Crippen LogP contribution in [0.25, 0.3) is 0 Å². The third kappa shape index (κ3) is 6.29. The zero-order chi connectivity index (χ0) is 14.9. The van der Waals surface area contributed by atoms with Gasteiger partial charge in [0.05, 0.1) is 0 Å². The largest absolute Gasteiger partial charge is 0.381 e. The van der Waals surface area contributed by atoms with Crippen molar-refractivity contribution in [1.29, 1.82) is 0 Å². The number of benzene rings is 1. The molecule has 21 heavy (non-hydrogen) atoms. The monoisotopic (exact) mass is 327 g/mol. The van der Waals surface area contributed by atoms with Gasteiger partial charge in [-0.15, -0.1) is 0 Å². The lowest BCUT2D eigenvalue weighted by Gasteiger charge is -2.21. The van der Waals surface area contributed by atoms with E-state index in [-0.39, 0.29) is 11.8 Å². The fraction of sp³-hybridized carbons (Fsp3) is 0.562. The molecule has 1 aliphatic heterocycles. The molecule has 116 valence electrons. The molecule has 1 N–H and O–H groups in total. The summed E-state index contributed by atoms with van der Waals surface area (Å²) >= 11 is 7.74. The van der Waals surface area contributed by atoms with Crippen molar-refractivity contribution < 1.29 is 9.53 Å². The van der Waals surface area contributed by atoms with Gasteiger partial charge in [0.2, 0.25) is 5.91 Å². The van der Waals surface area contributed by atoms with Crippen LogP contribution >= 0.6 is 23.4 Å². The molecular formula is C16H22ClNO2S. The average Bonchev–Trinajstić information content (AvgIpc) is 2.53. The summed E-state index contributed by atoms with van der Waals surface area (Å²) in [6, 6.07) is 7.96. The van der Waals surface area contributed by atoms with Crippen molar-refractivity contribution in [1.82, 2.24) is 5.32 Å². The van der Waals surface area contributed by atoms with Gasteiger partial charge in [0.25, 0.3) is 0 Å². The standard InChI is InChI=1S/C16H22ClNO2S/c17-15-4-2-13(3-5-15)12-21-11-1-8-18-16(19)14-6-9-20-10-7-14/h2-5,14H,1,6-12H2,(H,18,19). The lowest BCUT2D eigenvalue weighted by Crippen LogP contribution is -2.34. The minimum Gasteiger partial charge on any atom is -0.381 e. The average molecular weight is 328 g/mol. The van der Waals surface area contributed by atoms with E-state index in [9.17, 15) is 4.79 Å². The quantitative estimate of drug-likeness (QED) is 0.779. The molecule has 1 aromatic rings. The highest BCUT2D eigenvalue weighted by Crippen LogP contribution is 2.16. The lowest BCUT2D eigenvalue weighted by atomic mass is 9.99. The van der Waals surface area contributed by atoms with Crippen LogP contribution in [0.1, 0.15) is 24.8 Å². The highest BCUT2D eigenvalue weighted by Gasteiger charge is 2.20. The Bertz CT molecular complexity index is 432. The molecule has 0 unspecified atom stereocenters. The molecule has 0 aliphatic carbocycles. The summed E-state index contributed by atoms with van der Waals surface area (Å²) in [5, 5.41) is 3.81. The Morgan fingerprint density at radius 1 is 1.29 bits per heavy atom. The highest BCUT2D eigenvalue weighted by molar-refractivity contribution is 7.98. The Labute approximate surface area is 135 Å². The molecule has 0 radical (unpaired) electrons. The number of nitrogens with one attached hydrogen (secondary N) is 1. The number of carbonyl (C=O) groups is 1. The maximum atomic E-state index is 11.9. The van der Waals surface area contributed by atoms with Gasteiger partial charge in [0.15, 0.2) is 0 Å². The van der Waals surface area contributed by atoms with Gasteiger partial charge in [-0.3, -0.25) is 4.79 Å². The van der Waals surface area contributed by atoms with Crippen molar-refractivity contribution in [2.24, 2.45) is 5.92 Å². The lowest BCUT2D eigenvalue weighted by molar-refractivity contribution is -0.127. The van der Waals surface area contributed by atoms with Gasteiger partial charge in [0.1, 0.15) is 0 Å². The van der Waals surface area contributed by atoms with Crippen molar-refractivity contribution in [2.45, 2.75) is 25.0 Å². The second-order valence-corrected chi connectivity index (χ2v) is 6.75. The molecular weight excluding hydrogens is 306 g/mol. The predicted octanol–water partition coefficient (Wildman–Crippen LogP) is 3.51. The summed E-state index contributed by atoms with van der Waals surface area (Å²) in [5.41, 5.74) is 1.29. The van der Waals surface area contributed by atoms with Gasteiger partial charge < -0.3 is 10.1 Å². The van der Waals surface area contributed by atoms with Gasteiger partial charge in [-0.2, -0.15) is 11.8 Å². The van der Waals surface area contributed by atoms with E-state index in [0.717, 1.165) is 55.5 Å². The first-order chi connectivity index (χ1) is 10.3. The number of hydrogen-bond donors (Lipinski definition) is 1. The van der Waals surface area contributed by atoms with Crippen molar-refractivity contribution in [2.75, 3.05) is 25.5 Å². The van der Waals surface area contributed by atoms with E-state index in [1.807, 2.05) is 23.9 Å². The van der Waals surface area contributed by atoms with E-state index in [1.165, 1.54) is 5.56 Å². The highest BCUT2D eigenvalue weighted by atomic mass is 35.5. The first-order valence-electron chi connectivity index (χ1n) is 7.43. The number of carbonyl (C=O) groups excluding carboxylic acids is 1. The van der Waals surface area contributed by atoms with Crippen LogP contribution in [0.3, 0.4) is 0 Å². The molecule has 5 heteroatoms. The van der Waals surface area contributed by atoms with Crippen molar-refractivity contribution in [3.63, 3.8) is 0 Å². The molecule has 0 saturated carbocycles. The Kier molecular flexibility index (Phi) is 7.41. The number of halogens is 1. The van der Waals surface area contributed by atoms with Gasteiger partial charge in [-0.1, -0.05) is 23.7 Å². The topological polar surface area (TPSA) is 38.3 Å². The van der Waals surface area contributed by atoms with Crippen LogP contribution < -0.4 is 5.32 Å². The van der Waals surface area contributed by atoms with Crippen molar-refractivity contribution in [3.05, 3.63) is 34.9 Å². The Hall–Kier alpha value is -0.710. The summed E-state index contributed by atoms with van der Waals surface area (Å²) in [5.74, 6) is 2.39. The Morgan fingerprint density at radius 2 is 2.00 bits per heavy atom. The van der Waals surface area contributed by atoms with E-state index < -0.39 is 0 Å². The molecule has 0 atom stereocenters. The SMILES string of the molecule is O=C(NCCCSCc1ccc(Cl)cc1)C1CCOCC1. The molecule has 0 spiro atoms. The zero-order valence-electron chi connectivity index (χ0n) is 12.1. The van der Waals surface area contributed by atoms with E-state index in [0.29, 0.717) is 0 Å². The van der Waals surface area contributed by atoms with Crippen molar-refractivity contribution in [3.8, 4) is 0 Å². The normalized spacial score (nSPS) is 15.9. The first kappa shape index (κ1) is 16.7. The van der Waals surface area contributed by atoms with E-state index in [1.54, 1.807) is 0 Å². The fourth-order valence-electron chi connectivity index (χ4n) is 2.26. The number of rotatable bonds is 7. The molecule has 1 aromatic carbocycles. The second-order valence-electron chi connectivity index (χ2n) is 5.21. The Morgan fingerprint density at radius 3 is 2.71 bits per heavy atom. The minimum absolute atomic E-state index is 0.153. The van der Waals surface area contributed by atoms with E-state index in [2.05, 4.69) is 17.4 Å². The van der Waals surface area contributed by atoms with E-state index >= 15 is 0 Å². The molecule has 1 fully saturated rings. The third-order valence-corrected chi connectivity index (χ3v) is 4.91.